The third-order valence-electron chi connectivity index (χ3n) is 2.58. The van der Waals surface area contributed by atoms with E-state index < -0.39 is 18.2 Å². The zero-order valence-corrected chi connectivity index (χ0v) is 7.67. The fourth-order valence-corrected chi connectivity index (χ4v) is 1.88. The van der Waals surface area contributed by atoms with E-state index in [1.807, 2.05) is 0 Å². The Labute approximate surface area is 80.1 Å². The number of nitrogens with zero attached hydrogens (tertiary/aromatic N) is 1. The zero-order valence-electron chi connectivity index (χ0n) is 7.67. The molecule has 0 bridgehead atoms. The summed E-state index contributed by atoms with van der Waals surface area (Å²) in [6.45, 7) is 0.260. The van der Waals surface area contributed by atoms with E-state index in [0.717, 1.165) is 0 Å². The summed E-state index contributed by atoms with van der Waals surface area (Å²) in [4.78, 5) is 1.73. The van der Waals surface area contributed by atoms with Crippen molar-refractivity contribution >= 4 is 5.69 Å². The highest BCUT2D eigenvalue weighted by Gasteiger charge is 2.33. The van der Waals surface area contributed by atoms with Crippen molar-refractivity contribution in [2.24, 2.45) is 0 Å². The fourth-order valence-electron chi connectivity index (χ4n) is 1.88. The highest BCUT2D eigenvalue weighted by molar-refractivity contribution is 5.59. The molecule has 1 heterocycles. The minimum atomic E-state index is -2.43. The first-order valence-corrected chi connectivity index (χ1v) is 4.38. The number of fused-ring (bicyclic) bond motifs is 1. The summed E-state index contributed by atoms with van der Waals surface area (Å²) < 4.78 is 38.0. The van der Waals surface area contributed by atoms with E-state index in [1.165, 1.54) is 12.1 Å². The molecule has 0 saturated heterocycles. The summed E-state index contributed by atoms with van der Waals surface area (Å²) in [5.74, 6) is -1.31. The second-order valence-corrected chi connectivity index (χ2v) is 3.52. The number of hydrogen-bond donors (Lipinski definition) is 0. The van der Waals surface area contributed by atoms with Gasteiger partial charge in [-0.25, -0.2) is 13.2 Å². The molecule has 0 saturated carbocycles. The maximum absolute atomic E-state index is 12.9. The molecule has 1 unspecified atom stereocenters. The van der Waals surface area contributed by atoms with E-state index in [4.69, 9.17) is 0 Å². The Bertz CT molecular complexity index is 351. The summed E-state index contributed by atoms with van der Waals surface area (Å²) in [5, 5.41) is 0. The van der Waals surface area contributed by atoms with Crippen molar-refractivity contribution < 1.29 is 13.2 Å². The van der Waals surface area contributed by atoms with Crippen LogP contribution in [0.3, 0.4) is 0 Å². The number of rotatable bonds is 1. The van der Waals surface area contributed by atoms with Crippen LogP contribution < -0.4 is 4.90 Å². The average molecular weight is 201 g/mol. The van der Waals surface area contributed by atoms with E-state index in [0.29, 0.717) is 11.3 Å². The van der Waals surface area contributed by atoms with Gasteiger partial charge in [-0.1, -0.05) is 0 Å². The van der Waals surface area contributed by atoms with Crippen LogP contribution in [0.25, 0.3) is 0 Å². The Morgan fingerprint density at radius 2 is 2.14 bits per heavy atom. The van der Waals surface area contributed by atoms with E-state index >= 15 is 0 Å². The lowest BCUT2D eigenvalue weighted by molar-refractivity contribution is 0.120. The van der Waals surface area contributed by atoms with Gasteiger partial charge in [-0.15, -0.1) is 0 Å². The van der Waals surface area contributed by atoms with Gasteiger partial charge in [-0.2, -0.15) is 0 Å². The number of anilines is 1. The van der Waals surface area contributed by atoms with Crippen LogP contribution in [0.1, 0.15) is 11.5 Å². The van der Waals surface area contributed by atoms with Crippen LogP contribution in [0.2, 0.25) is 0 Å². The van der Waals surface area contributed by atoms with Gasteiger partial charge in [0.1, 0.15) is 5.82 Å². The SMILES string of the molecule is CN1CC(C(F)F)c2cc(F)ccc21. The number of benzene rings is 1. The van der Waals surface area contributed by atoms with Crippen LogP contribution in [-0.2, 0) is 0 Å². The maximum Gasteiger partial charge on any atom is 0.247 e. The van der Waals surface area contributed by atoms with Crippen LogP contribution in [0.15, 0.2) is 18.2 Å². The van der Waals surface area contributed by atoms with Crippen molar-refractivity contribution in [2.45, 2.75) is 12.3 Å². The van der Waals surface area contributed by atoms with Gasteiger partial charge in [-0.05, 0) is 23.8 Å². The van der Waals surface area contributed by atoms with Crippen LogP contribution >= 0.6 is 0 Å². The third-order valence-corrected chi connectivity index (χ3v) is 2.58. The molecule has 0 amide bonds. The first-order valence-electron chi connectivity index (χ1n) is 4.38. The Kier molecular flexibility index (Phi) is 2.13. The monoisotopic (exact) mass is 201 g/mol. The molecule has 4 heteroatoms. The molecule has 0 spiro atoms. The predicted octanol–water partition coefficient (Wildman–Crippen LogP) is 2.62. The minimum absolute atomic E-state index is 0.260. The molecule has 1 aliphatic heterocycles. The smallest absolute Gasteiger partial charge is 0.247 e. The predicted molar refractivity (Wildman–Crippen MR) is 48.4 cm³/mol. The summed E-state index contributed by atoms with van der Waals surface area (Å²) in [6, 6.07) is 4.05. The minimum Gasteiger partial charge on any atom is -0.374 e. The van der Waals surface area contributed by atoms with E-state index in [9.17, 15) is 13.2 Å². The lowest BCUT2D eigenvalue weighted by Crippen LogP contribution is -2.18. The topological polar surface area (TPSA) is 3.24 Å². The van der Waals surface area contributed by atoms with Crippen molar-refractivity contribution in [1.29, 1.82) is 0 Å². The second-order valence-electron chi connectivity index (χ2n) is 3.52. The molecule has 0 aromatic heterocycles. The number of halogens is 3. The largest absolute Gasteiger partial charge is 0.374 e. The summed E-state index contributed by atoms with van der Waals surface area (Å²) in [6.07, 6.45) is -2.43. The van der Waals surface area contributed by atoms with Gasteiger partial charge in [0.2, 0.25) is 6.43 Å². The van der Waals surface area contributed by atoms with Crippen LogP contribution in [0.5, 0.6) is 0 Å². The molecule has 0 N–H and O–H groups in total. The van der Waals surface area contributed by atoms with Crippen LogP contribution in [0.4, 0.5) is 18.9 Å². The summed E-state index contributed by atoms with van der Waals surface area (Å²) in [5.41, 5.74) is 1.12. The Balaban J connectivity index is 2.45. The Hall–Kier alpha value is -1.19. The van der Waals surface area contributed by atoms with Gasteiger partial charge in [0.05, 0.1) is 5.92 Å². The number of hydrogen-bond acceptors (Lipinski definition) is 1. The molecular weight excluding hydrogens is 191 g/mol. The zero-order chi connectivity index (χ0) is 10.3. The molecule has 1 aromatic carbocycles. The lowest BCUT2D eigenvalue weighted by Gasteiger charge is -2.11. The van der Waals surface area contributed by atoms with Gasteiger partial charge in [-0.3, -0.25) is 0 Å². The average Bonchev–Trinajstić information content (AvgIpc) is 2.43. The molecular formula is C10H10F3N. The standard InChI is InChI=1S/C10H10F3N/c1-14-5-8(10(12)13)7-4-6(11)2-3-9(7)14/h2-4,8,10H,5H2,1H3. The highest BCUT2D eigenvalue weighted by Crippen LogP contribution is 2.38. The molecule has 2 rings (SSSR count). The molecule has 1 aliphatic rings. The first kappa shape index (κ1) is 9.37. The van der Waals surface area contributed by atoms with Crippen LogP contribution in [0, 0.1) is 5.82 Å². The summed E-state index contributed by atoms with van der Waals surface area (Å²) >= 11 is 0. The molecule has 76 valence electrons. The van der Waals surface area contributed by atoms with Crippen molar-refractivity contribution in [3.8, 4) is 0 Å². The summed E-state index contributed by atoms with van der Waals surface area (Å²) in [7, 11) is 1.74. The second kappa shape index (κ2) is 3.19. The van der Waals surface area contributed by atoms with Crippen molar-refractivity contribution in [3.63, 3.8) is 0 Å². The molecule has 0 fully saturated rings. The van der Waals surface area contributed by atoms with Gasteiger partial charge in [0.25, 0.3) is 0 Å². The van der Waals surface area contributed by atoms with Gasteiger partial charge >= 0.3 is 0 Å². The van der Waals surface area contributed by atoms with Crippen LogP contribution in [-0.4, -0.2) is 20.0 Å². The molecule has 0 aliphatic carbocycles. The lowest BCUT2D eigenvalue weighted by atomic mass is 10.0. The van der Waals surface area contributed by atoms with Crippen molar-refractivity contribution in [1.82, 2.24) is 0 Å². The fraction of sp³-hybridized carbons (Fsp3) is 0.400. The molecule has 14 heavy (non-hydrogen) atoms. The normalized spacial score (nSPS) is 20.4. The molecule has 1 nitrogen and oxygen atoms in total. The Morgan fingerprint density at radius 1 is 1.43 bits per heavy atom. The maximum atomic E-state index is 12.9. The molecule has 0 radical (unpaired) electrons. The van der Waals surface area contributed by atoms with Gasteiger partial charge in [0, 0.05) is 19.3 Å². The van der Waals surface area contributed by atoms with E-state index in [2.05, 4.69) is 0 Å². The molecule has 1 aromatic rings. The first-order chi connectivity index (χ1) is 6.59. The van der Waals surface area contributed by atoms with Crippen molar-refractivity contribution in [3.05, 3.63) is 29.6 Å². The van der Waals surface area contributed by atoms with E-state index in [-0.39, 0.29) is 6.54 Å². The number of alkyl halides is 2. The highest BCUT2D eigenvalue weighted by atomic mass is 19.3. The van der Waals surface area contributed by atoms with Gasteiger partial charge in [0.15, 0.2) is 0 Å². The third kappa shape index (κ3) is 1.35. The van der Waals surface area contributed by atoms with Crippen molar-refractivity contribution in [2.75, 3.05) is 18.5 Å². The Morgan fingerprint density at radius 3 is 2.79 bits per heavy atom. The van der Waals surface area contributed by atoms with Gasteiger partial charge < -0.3 is 4.90 Å². The number of likely N-dealkylation sites (N-methyl/N-ethyl adjacent to an activating group) is 1. The molecule has 1 atom stereocenters. The quantitative estimate of drug-likeness (QED) is 0.675. The van der Waals surface area contributed by atoms with E-state index in [1.54, 1.807) is 18.0 Å².